The van der Waals surface area contributed by atoms with Gasteiger partial charge in [0, 0.05) is 6.04 Å². The van der Waals surface area contributed by atoms with Crippen LogP contribution in [0, 0.1) is 0 Å². The first-order valence-electron chi connectivity index (χ1n) is 7.04. The van der Waals surface area contributed by atoms with Gasteiger partial charge in [-0.2, -0.15) is 0 Å². The predicted octanol–water partition coefficient (Wildman–Crippen LogP) is 3.43. The summed E-state index contributed by atoms with van der Waals surface area (Å²) in [7, 11) is 1.99. The molecule has 0 saturated heterocycles. The third-order valence-corrected chi connectivity index (χ3v) is 3.16. The summed E-state index contributed by atoms with van der Waals surface area (Å²) in [5.74, 6) is -0.0619. The molecule has 0 saturated carbocycles. The van der Waals surface area contributed by atoms with E-state index in [-0.39, 0.29) is 11.5 Å². The third-order valence-electron chi connectivity index (χ3n) is 3.16. The Hall–Kier alpha value is -2.13. The maximum absolute atomic E-state index is 10.7. The van der Waals surface area contributed by atoms with Crippen LogP contribution in [0.15, 0.2) is 54.6 Å². The number of aromatic hydroxyl groups is 1. The Balaban J connectivity index is 0.000000211. The molecule has 0 aliphatic heterocycles. The molecule has 3 heteroatoms. The molecule has 0 radical (unpaired) electrons. The number of Topliss-reactive ketones (excluding diaryl/α,β-unsaturated/α-hetero) is 1. The topological polar surface area (TPSA) is 49.3 Å². The molecule has 21 heavy (non-hydrogen) atoms. The summed E-state index contributed by atoms with van der Waals surface area (Å²) in [6.45, 7) is 3.61. The fraction of sp³-hybridized carbons (Fsp3) is 0.278. The van der Waals surface area contributed by atoms with E-state index in [1.807, 2.05) is 13.1 Å². The van der Waals surface area contributed by atoms with Gasteiger partial charge in [-0.3, -0.25) is 4.79 Å². The van der Waals surface area contributed by atoms with Crippen molar-refractivity contribution < 1.29 is 9.90 Å². The summed E-state index contributed by atoms with van der Waals surface area (Å²) < 4.78 is 0. The van der Waals surface area contributed by atoms with Crippen molar-refractivity contribution in [3.63, 3.8) is 0 Å². The summed E-state index contributed by atoms with van der Waals surface area (Å²) >= 11 is 0. The number of hydrogen-bond acceptors (Lipinski definition) is 3. The fourth-order valence-corrected chi connectivity index (χ4v) is 1.84. The van der Waals surface area contributed by atoms with Crippen LogP contribution in [0.25, 0.3) is 0 Å². The maximum Gasteiger partial charge on any atom is 0.163 e. The Kier molecular flexibility index (Phi) is 7.19. The van der Waals surface area contributed by atoms with Crippen molar-refractivity contribution in [3.05, 3.63) is 65.7 Å². The van der Waals surface area contributed by atoms with Gasteiger partial charge in [-0.1, -0.05) is 42.5 Å². The standard InChI is InChI=1S/C10H15N.C8H8O2/c1-9(11-2)8-10-6-4-3-5-7-10;1-6(9)7-4-2-3-5-8(7)10/h3-7,9,11H,8H2,1-2H3;2-5,10H,1H3/t9-;/m0./s1. The predicted molar refractivity (Wildman–Crippen MR) is 86.8 cm³/mol. The molecule has 0 aliphatic rings. The summed E-state index contributed by atoms with van der Waals surface area (Å²) in [5.41, 5.74) is 1.77. The number of hydrogen-bond donors (Lipinski definition) is 2. The Morgan fingerprint density at radius 3 is 2.14 bits per heavy atom. The van der Waals surface area contributed by atoms with Crippen LogP contribution < -0.4 is 5.32 Å². The van der Waals surface area contributed by atoms with Gasteiger partial charge in [0.15, 0.2) is 5.78 Å². The quantitative estimate of drug-likeness (QED) is 0.846. The molecule has 2 N–H and O–H groups in total. The normalized spacial score (nSPS) is 11.2. The fourth-order valence-electron chi connectivity index (χ4n) is 1.84. The van der Waals surface area contributed by atoms with Crippen molar-refractivity contribution in [3.8, 4) is 5.75 Å². The summed E-state index contributed by atoms with van der Waals surface area (Å²) in [6, 6.07) is 17.6. The number of nitrogens with one attached hydrogen (secondary N) is 1. The second-order valence-corrected chi connectivity index (χ2v) is 4.95. The highest BCUT2D eigenvalue weighted by Gasteiger charge is 2.02. The number of benzene rings is 2. The number of phenols is 1. The smallest absolute Gasteiger partial charge is 0.163 e. The molecule has 2 aromatic rings. The molecule has 0 aromatic heterocycles. The van der Waals surface area contributed by atoms with E-state index in [0.717, 1.165) is 6.42 Å². The Labute approximate surface area is 126 Å². The molecule has 2 rings (SSSR count). The van der Waals surface area contributed by atoms with Crippen molar-refractivity contribution in [2.24, 2.45) is 0 Å². The highest BCUT2D eigenvalue weighted by Crippen LogP contribution is 2.15. The molecule has 3 nitrogen and oxygen atoms in total. The van der Waals surface area contributed by atoms with E-state index in [2.05, 4.69) is 36.5 Å². The van der Waals surface area contributed by atoms with E-state index in [1.165, 1.54) is 18.6 Å². The molecule has 0 unspecified atom stereocenters. The molecule has 0 amide bonds. The number of phenolic OH excluding ortho intramolecular Hbond substituents is 1. The van der Waals surface area contributed by atoms with Crippen LogP contribution in [0.3, 0.4) is 0 Å². The highest BCUT2D eigenvalue weighted by molar-refractivity contribution is 5.96. The molecule has 112 valence electrons. The molecule has 0 bridgehead atoms. The third kappa shape index (κ3) is 6.23. The van der Waals surface area contributed by atoms with Gasteiger partial charge in [0.25, 0.3) is 0 Å². The lowest BCUT2D eigenvalue weighted by Crippen LogP contribution is -2.23. The zero-order chi connectivity index (χ0) is 15.7. The van der Waals surface area contributed by atoms with Gasteiger partial charge in [-0.05, 0) is 45.0 Å². The van der Waals surface area contributed by atoms with Gasteiger partial charge >= 0.3 is 0 Å². The van der Waals surface area contributed by atoms with E-state index < -0.39 is 0 Å². The summed E-state index contributed by atoms with van der Waals surface area (Å²) in [4.78, 5) is 10.7. The summed E-state index contributed by atoms with van der Waals surface area (Å²) in [6.07, 6.45) is 1.11. The van der Waals surface area contributed by atoms with Crippen LogP contribution >= 0.6 is 0 Å². The largest absolute Gasteiger partial charge is 0.507 e. The van der Waals surface area contributed by atoms with Crippen LogP contribution in [0.5, 0.6) is 5.75 Å². The first-order valence-corrected chi connectivity index (χ1v) is 7.04. The van der Waals surface area contributed by atoms with Crippen molar-refractivity contribution in [1.82, 2.24) is 5.32 Å². The van der Waals surface area contributed by atoms with E-state index in [9.17, 15) is 4.79 Å². The molecule has 2 aromatic carbocycles. The molecule has 0 aliphatic carbocycles. The highest BCUT2D eigenvalue weighted by atomic mass is 16.3. The SMILES string of the molecule is CC(=O)c1ccccc1O.CN[C@@H](C)Cc1ccccc1. The second kappa shape index (κ2) is 8.93. The zero-order valence-corrected chi connectivity index (χ0v) is 12.8. The number of ketones is 1. The van der Waals surface area contributed by atoms with Crippen molar-refractivity contribution in [2.75, 3.05) is 7.05 Å². The Morgan fingerprint density at radius 1 is 1.10 bits per heavy atom. The van der Waals surface area contributed by atoms with Crippen LogP contribution in [-0.2, 0) is 6.42 Å². The Morgan fingerprint density at radius 2 is 1.67 bits per heavy atom. The summed E-state index contributed by atoms with van der Waals surface area (Å²) in [5, 5.41) is 12.3. The number of rotatable bonds is 4. The molecular weight excluding hydrogens is 262 g/mol. The first-order chi connectivity index (χ1) is 10.0. The van der Waals surface area contributed by atoms with Gasteiger partial charge < -0.3 is 10.4 Å². The molecule has 0 spiro atoms. The molecular formula is C18H23NO2. The van der Waals surface area contributed by atoms with Crippen LogP contribution in [0.1, 0.15) is 29.8 Å². The van der Waals surface area contributed by atoms with Gasteiger partial charge in [0.2, 0.25) is 0 Å². The van der Waals surface area contributed by atoms with Crippen molar-refractivity contribution in [2.45, 2.75) is 26.3 Å². The second-order valence-electron chi connectivity index (χ2n) is 4.95. The van der Waals surface area contributed by atoms with Gasteiger partial charge in [0.1, 0.15) is 5.75 Å². The van der Waals surface area contributed by atoms with E-state index in [1.54, 1.807) is 18.2 Å². The number of carbonyl (C=O) groups is 1. The molecule has 1 atom stereocenters. The van der Waals surface area contributed by atoms with Crippen LogP contribution in [0.4, 0.5) is 0 Å². The van der Waals surface area contributed by atoms with Crippen LogP contribution in [-0.4, -0.2) is 24.0 Å². The first kappa shape index (κ1) is 16.9. The van der Waals surface area contributed by atoms with Crippen molar-refractivity contribution in [1.29, 1.82) is 0 Å². The van der Waals surface area contributed by atoms with E-state index in [0.29, 0.717) is 11.6 Å². The van der Waals surface area contributed by atoms with Crippen molar-refractivity contribution >= 4 is 5.78 Å². The lowest BCUT2D eigenvalue weighted by molar-refractivity contribution is 0.101. The van der Waals surface area contributed by atoms with Gasteiger partial charge in [-0.15, -0.1) is 0 Å². The minimum absolute atomic E-state index is 0.0509. The lowest BCUT2D eigenvalue weighted by atomic mass is 10.1. The number of para-hydroxylation sites is 1. The minimum atomic E-state index is -0.113. The average Bonchev–Trinajstić information content (AvgIpc) is 2.49. The number of carbonyl (C=O) groups excluding carboxylic acids is 1. The van der Waals surface area contributed by atoms with Gasteiger partial charge in [0.05, 0.1) is 5.56 Å². The average molecular weight is 285 g/mol. The molecule has 0 fully saturated rings. The monoisotopic (exact) mass is 285 g/mol. The van der Waals surface area contributed by atoms with Gasteiger partial charge in [-0.25, -0.2) is 0 Å². The number of likely N-dealkylation sites (N-methyl/N-ethyl adjacent to an activating group) is 1. The minimum Gasteiger partial charge on any atom is -0.507 e. The van der Waals surface area contributed by atoms with E-state index in [4.69, 9.17) is 5.11 Å². The zero-order valence-electron chi connectivity index (χ0n) is 12.8. The Bertz CT molecular complexity index is 552. The van der Waals surface area contributed by atoms with Crippen LogP contribution in [0.2, 0.25) is 0 Å². The van der Waals surface area contributed by atoms with E-state index >= 15 is 0 Å². The lowest BCUT2D eigenvalue weighted by Gasteiger charge is -2.08. The maximum atomic E-state index is 10.7. The molecule has 0 heterocycles.